The van der Waals surface area contributed by atoms with E-state index in [9.17, 15) is 18.0 Å². The Bertz CT molecular complexity index is 697. The lowest BCUT2D eigenvalue weighted by Gasteiger charge is -2.13. The molecule has 2 aromatic rings. The van der Waals surface area contributed by atoms with E-state index in [1.807, 2.05) is 0 Å². The highest BCUT2D eigenvalue weighted by atomic mass is 32.1. The monoisotopic (exact) mass is 343 g/mol. The fourth-order valence-electron chi connectivity index (χ4n) is 1.78. The number of hydrogen-bond donors (Lipinski definition) is 2. The minimum atomic E-state index is -4.41. The van der Waals surface area contributed by atoms with Gasteiger partial charge in [-0.25, -0.2) is 4.98 Å². The topological polar surface area (TPSA) is 68.0 Å². The molecule has 0 aliphatic heterocycles. The predicted molar refractivity (Wildman–Crippen MR) is 84.0 cm³/mol. The maximum atomic E-state index is 12.7. The van der Waals surface area contributed by atoms with Gasteiger partial charge in [0.25, 0.3) is 0 Å². The van der Waals surface area contributed by atoms with Crippen molar-refractivity contribution in [2.24, 2.45) is 11.7 Å². The normalized spacial score (nSPS) is 14.3. The van der Waals surface area contributed by atoms with E-state index in [2.05, 4.69) is 10.3 Å². The zero-order valence-electron chi connectivity index (χ0n) is 12.5. The molecule has 1 aromatic heterocycles. The number of thiazole rings is 1. The average Bonchev–Trinajstić information content (AvgIpc) is 2.94. The second-order valence-electron chi connectivity index (χ2n) is 5.25. The Balaban J connectivity index is 2.18. The number of carbonyl (C=O) groups excluding carboxylic acids is 1. The van der Waals surface area contributed by atoms with E-state index in [1.54, 1.807) is 25.3 Å². The van der Waals surface area contributed by atoms with Crippen molar-refractivity contribution in [1.29, 1.82) is 0 Å². The van der Waals surface area contributed by atoms with Crippen LogP contribution in [0, 0.1) is 5.92 Å². The summed E-state index contributed by atoms with van der Waals surface area (Å²) in [6, 6.07) is 4.60. The number of halogens is 3. The number of anilines is 1. The molecular formula is C15H16F3N3OS. The van der Waals surface area contributed by atoms with Crippen LogP contribution in [-0.2, 0) is 11.0 Å². The first kappa shape index (κ1) is 17.4. The largest absolute Gasteiger partial charge is 0.416 e. The SMILES string of the molecule is CC(N)C(C)C(=O)Nc1nc(-c2cccc(C(F)(F)F)c2)cs1. The Hall–Kier alpha value is -1.93. The van der Waals surface area contributed by atoms with E-state index in [1.165, 1.54) is 6.07 Å². The number of amides is 1. The van der Waals surface area contributed by atoms with Gasteiger partial charge in [-0.2, -0.15) is 13.2 Å². The fraction of sp³-hybridized carbons (Fsp3) is 0.333. The van der Waals surface area contributed by atoms with Gasteiger partial charge >= 0.3 is 6.18 Å². The highest BCUT2D eigenvalue weighted by molar-refractivity contribution is 7.14. The first-order valence-corrected chi connectivity index (χ1v) is 7.76. The highest BCUT2D eigenvalue weighted by Crippen LogP contribution is 2.33. The molecule has 2 atom stereocenters. The molecule has 23 heavy (non-hydrogen) atoms. The lowest BCUT2D eigenvalue weighted by molar-refractivity contribution is -0.137. The number of carbonyl (C=O) groups is 1. The number of nitrogens with two attached hydrogens (primary N) is 1. The third-order valence-electron chi connectivity index (χ3n) is 3.42. The van der Waals surface area contributed by atoms with Crippen molar-refractivity contribution in [3.63, 3.8) is 0 Å². The number of nitrogens with one attached hydrogen (secondary N) is 1. The smallest absolute Gasteiger partial charge is 0.327 e. The Labute approximate surface area is 135 Å². The van der Waals surface area contributed by atoms with Crippen LogP contribution in [0.2, 0.25) is 0 Å². The van der Waals surface area contributed by atoms with Crippen LogP contribution in [0.1, 0.15) is 19.4 Å². The molecule has 0 fully saturated rings. The third-order valence-corrected chi connectivity index (χ3v) is 4.18. The zero-order chi connectivity index (χ0) is 17.2. The number of benzene rings is 1. The quantitative estimate of drug-likeness (QED) is 0.888. The number of nitrogens with zero attached hydrogens (tertiary/aromatic N) is 1. The molecule has 1 aromatic carbocycles. The second-order valence-corrected chi connectivity index (χ2v) is 6.11. The van der Waals surface area contributed by atoms with E-state index in [0.29, 0.717) is 16.4 Å². The van der Waals surface area contributed by atoms with E-state index < -0.39 is 17.7 Å². The summed E-state index contributed by atoms with van der Waals surface area (Å²) in [7, 11) is 0. The van der Waals surface area contributed by atoms with E-state index in [4.69, 9.17) is 5.73 Å². The van der Waals surface area contributed by atoms with Crippen molar-refractivity contribution >= 4 is 22.4 Å². The van der Waals surface area contributed by atoms with Gasteiger partial charge in [0.15, 0.2) is 5.13 Å². The van der Waals surface area contributed by atoms with Crippen LogP contribution in [0.4, 0.5) is 18.3 Å². The van der Waals surface area contributed by atoms with Crippen LogP contribution in [0.3, 0.4) is 0 Å². The van der Waals surface area contributed by atoms with Crippen LogP contribution in [-0.4, -0.2) is 16.9 Å². The van der Waals surface area contributed by atoms with Crippen molar-refractivity contribution in [3.05, 3.63) is 35.2 Å². The van der Waals surface area contributed by atoms with Gasteiger partial charge in [-0.05, 0) is 19.1 Å². The molecule has 0 aliphatic rings. The predicted octanol–water partition coefficient (Wildman–Crippen LogP) is 3.75. The molecule has 8 heteroatoms. The van der Waals surface area contributed by atoms with Crippen molar-refractivity contribution in [2.75, 3.05) is 5.32 Å². The average molecular weight is 343 g/mol. The van der Waals surface area contributed by atoms with Gasteiger partial charge in [0, 0.05) is 17.0 Å². The summed E-state index contributed by atoms with van der Waals surface area (Å²) in [5.41, 5.74) is 5.65. The molecule has 2 unspecified atom stereocenters. The summed E-state index contributed by atoms with van der Waals surface area (Å²) in [4.78, 5) is 16.1. The van der Waals surface area contributed by atoms with E-state index >= 15 is 0 Å². The molecular weight excluding hydrogens is 327 g/mol. The lowest BCUT2D eigenvalue weighted by atomic mass is 10.0. The van der Waals surface area contributed by atoms with Crippen LogP contribution in [0.25, 0.3) is 11.3 Å². The van der Waals surface area contributed by atoms with Crippen molar-refractivity contribution < 1.29 is 18.0 Å². The molecule has 0 saturated carbocycles. The van der Waals surface area contributed by atoms with E-state index in [0.717, 1.165) is 23.5 Å². The van der Waals surface area contributed by atoms with Crippen LogP contribution in [0.15, 0.2) is 29.6 Å². The highest BCUT2D eigenvalue weighted by Gasteiger charge is 2.30. The van der Waals surface area contributed by atoms with Gasteiger partial charge in [-0.1, -0.05) is 19.1 Å². The number of hydrogen-bond acceptors (Lipinski definition) is 4. The van der Waals surface area contributed by atoms with Gasteiger partial charge in [0.05, 0.1) is 17.2 Å². The first-order valence-electron chi connectivity index (χ1n) is 6.88. The summed E-state index contributed by atoms with van der Waals surface area (Å²) in [6.45, 7) is 3.42. The molecule has 0 spiro atoms. The standard InChI is InChI=1S/C15H16F3N3OS/c1-8(9(2)19)13(22)21-14-20-12(7-23-14)10-4-3-5-11(6-10)15(16,17)18/h3-9H,19H2,1-2H3,(H,20,21,22). The zero-order valence-corrected chi connectivity index (χ0v) is 13.3. The Morgan fingerprint density at radius 2 is 2.04 bits per heavy atom. The molecule has 4 nitrogen and oxygen atoms in total. The molecule has 0 radical (unpaired) electrons. The molecule has 0 saturated heterocycles. The number of rotatable bonds is 4. The fourth-order valence-corrected chi connectivity index (χ4v) is 2.50. The van der Waals surface area contributed by atoms with Crippen molar-refractivity contribution in [3.8, 4) is 11.3 Å². The van der Waals surface area contributed by atoms with Gasteiger partial charge in [0.2, 0.25) is 5.91 Å². The van der Waals surface area contributed by atoms with Gasteiger partial charge in [-0.15, -0.1) is 11.3 Å². The van der Waals surface area contributed by atoms with Gasteiger partial charge in [-0.3, -0.25) is 4.79 Å². The van der Waals surface area contributed by atoms with Crippen LogP contribution < -0.4 is 11.1 Å². The minimum absolute atomic E-state index is 0.273. The molecule has 1 amide bonds. The summed E-state index contributed by atoms with van der Waals surface area (Å²) >= 11 is 1.15. The second kappa shape index (κ2) is 6.67. The van der Waals surface area contributed by atoms with Crippen LogP contribution in [0.5, 0.6) is 0 Å². The van der Waals surface area contributed by atoms with Crippen molar-refractivity contribution in [1.82, 2.24) is 4.98 Å². The molecule has 0 aliphatic carbocycles. The van der Waals surface area contributed by atoms with Crippen LogP contribution >= 0.6 is 11.3 Å². The minimum Gasteiger partial charge on any atom is -0.327 e. The first-order chi connectivity index (χ1) is 10.7. The Morgan fingerprint density at radius 3 is 2.65 bits per heavy atom. The van der Waals surface area contributed by atoms with E-state index in [-0.39, 0.29) is 11.9 Å². The summed E-state index contributed by atoms with van der Waals surface area (Å²) in [6.07, 6.45) is -4.41. The molecule has 1 heterocycles. The number of aromatic nitrogens is 1. The number of alkyl halides is 3. The maximum absolute atomic E-state index is 12.7. The molecule has 2 rings (SSSR count). The lowest BCUT2D eigenvalue weighted by Crippen LogP contribution is -2.34. The molecule has 0 bridgehead atoms. The maximum Gasteiger partial charge on any atom is 0.416 e. The van der Waals surface area contributed by atoms with Gasteiger partial charge < -0.3 is 11.1 Å². The van der Waals surface area contributed by atoms with Crippen molar-refractivity contribution in [2.45, 2.75) is 26.1 Å². The Kier molecular flexibility index (Phi) is 5.06. The van der Waals surface area contributed by atoms with Gasteiger partial charge in [0.1, 0.15) is 0 Å². The molecule has 124 valence electrons. The summed E-state index contributed by atoms with van der Waals surface area (Å²) in [5, 5.41) is 4.55. The summed E-state index contributed by atoms with van der Waals surface area (Å²) in [5.74, 6) is -0.666. The summed E-state index contributed by atoms with van der Waals surface area (Å²) < 4.78 is 38.2. The molecule has 3 N–H and O–H groups in total. The Morgan fingerprint density at radius 1 is 1.35 bits per heavy atom. The third kappa shape index (κ3) is 4.29.